The van der Waals surface area contributed by atoms with Gasteiger partial charge in [0.05, 0.1) is 12.5 Å². The van der Waals surface area contributed by atoms with E-state index in [2.05, 4.69) is 5.32 Å². The van der Waals surface area contributed by atoms with Crippen molar-refractivity contribution in [3.05, 3.63) is 51.7 Å². The summed E-state index contributed by atoms with van der Waals surface area (Å²) in [5.41, 5.74) is 2.26. The van der Waals surface area contributed by atoms with Crippen LogP contribution in [0.15, 0.2) is 35.7 Å². The molecule has 0 bridgehead atoms. The summed E-state index contributed by atoms with van der Waals surface area (Å²) in [6.07, 6.45) is 0.537. The molecule has 0 radical (unpaired) electrons. The summed E-state index contributed by atoms with van der Waals surface area (Å²) in [5, 5.41) is 13.7. The van der Waals surface area contributed by atoms with Gasteiger partial charge in [0.1, 0.15) is 0 Å². The van der Waals surface area contributed by atoms with E-state index in [1.807, 2.05) is 17.5 Å². The van der Waals surface area contributed by atoms with Crippen LogP contribution >= 0.6 is 11.3 Å². The molecule has 1 aliphatic rings. The molecule has 0 fully saturated rings. The maximum Gasteiger partial charge on any atom is 0.305 e. The van der Waals surface area contributed by atoms with Crippen molar-refractivity contribution in [2.75, 3.05) is 11.4 Å². The monoisotopic (exact) mass is 358 g/mol. The third kappa shape index (κ3) is 3.71. The first-order valence-corrected chi connectivity index (χ1v) is 8.80. The second-order valence-electron chi connectivity index (χ2n) is 5.90. The van der Waals surface area contributed by atoms with E-state index in [0.717, 1.165) is 16.1 Å². The average molecular weight is 358 g/mol. The van der Waals surface area contributed by atoms with Gasteiger partial charge in [-0.2, -0.15) is 0 Å². The minimum absolute atomic E-state index is 0.0184. The van der Waals surface area contributed by atoms with Crippen LogP contribution in [0.25, 0.3) is 0 Å². The predicted octanol–water partition coefficient (Wildman–Crippen LogP) is 2.60. The summed E-state index contributed by atoms with van der Waals surface area (Å²) in [4.78, 5) is 37.8. The average Bonchev–Trinajstić information content (AvgIpc) is 3.22. The van der Waals surface area contributed by atoms with E-state index in [0.29, 0.717) is 18.5 Å². The molecule has 6 nitrogen and oxygen atoms in total. The lowest BCUT2D eigenvalue weighted by Gasteiger charge is -2.17. The molecule has 0 saturated carbocycles. The van der Waals surface area contributed by atoms with E-state index in [-0.39, 0.29) is 18.2 Å². The molecule has 0 spiro atoms. The zero-order valence-corrected chi connectivity index (χ0v) is 14.5. The van der Waals surface area contributed by atoms with Gasteiger partial charge in [0.25, 0.3) is 5.91 Å². The van der Waals surface area contributed by atoms with Crippen molar-refractivity contribution < 1.29 is 19.5 Å². The minimum atomic E-state index is -0.968. The topological polar surface area (TPSA) is 86.7 Å². The zero-order valence-electron chi connectivity index (χ0n) is 13.7. The molecule has 1 atom stereocenters. The van der Waals surface area contributed by atoms with E-state index in [4.69, 9.17) is 5.11 Å². The number of thiophene rings is 1. The molecule has 1 aromatic carbocycles. The summed E-state index contributed by atoms with van der Waals surface area (Å²) in [6, 6.07) is 8.29. The fraction of sp³-hybridized carbons (Fsp3) is 0.278. The number of anilines is 1. The molecule has 2 heterocycles. The number of nitrogens with zero attached hydrogens (tertiary/aromatic N) is 1. The molecule has 0 unspecified atom stereocenters. The number of nitrogens with one attached hydrogen (secondary N) is 1. The van der Waals surface area contributed by atoms with Crippen LogP contribution in [0.4, 0.5) is 5.69 Å². The first-order chi connectivity index (χ1) is 12.0. The van der Waals surface area contributed by atoms with Crippen molar-refractivity contribution in [2.45, 2.75) is 25.8 Å². The van der Waals surface area contributed by atoms with Gasteiger partial charge in [-0.3, -0.25) is 14.4 Å². The molecule has 130 valence electrons. The number of hydrogen-bond donors (Lipinski definition) is 2. The summed E-state index contributed by atoms with van der Waals surface area (Å²) in [6.45, 7) is 2.14. The number of benzene rings is 1. The number of aliphatic carboxylic acids is 1. The lowest BCUT2D eigenvalue weighted by molar-refractivity contribution is -0.137. The third-order valence-electron chi connectivity index (χ3n) is 4.19. The van der Waals surface area contributed by atoms with E-state index >= 15 is 0 Å². The minimum Gasteiger partial charge on any atom is -0.481 e. The van der Waals surface area contributed by atoms with E-state index in [9.17, 15) is 14.4 Å². The molecule has 2 amide bonds. The van der Waals surface area contributed by atoms with Crippen LogP contribution in [0.5, 0.6) is 0 Å². The molecule has 0 saturated heterocycles. The van der Waals surface area contributed by atoms with Gasteiger partial charge >= 0.3 is 5.97 Å². The van der Waals surface area contributed by atoms with Gasteiger partial charge in [0, 0.05) is 29.6 Å². The Hall–Kier alpha value is -2.67. The first kappa shape index (κ1) is 17.2. The largest absolute Gasteiger partial charge is 0.481 e. The molecule has 7 heteroatoms. The number of carbonyl (C=O) groups is 3. The third-order valence-corrected chi connectivity index (χ3v) is 5.17. The number of hydrogen-bond acceptors (Lipinski definition) is 4. The second kappa shape index (κ2) is 7.06. The van der Waals surface area contributed by atoms with Crippen molar-refractivity contribution in [3.63, 3.8) is 0 Å². The number of carboxylic acids is 1. The number of carboxylic acid groups (broad SMARTS) is 1. The summed E-state index contributed by atoms with van der Waals surface area (Å²) >= 11 is 1.41. The highest BCUT2D eigenvalue weighted by Crippen LogP contribution is 2.29. The van der Waals surface area contributed by atoms with E-state index < -0.39 is 12.0 Å². The van der Waals surface area contributed by atoms with Gasteiger partial charge in [0.15, 0.2) is 0 Å². The van der Waals surface area contributed by atoms with E-state index in [1.165, 1.54) is 18.3 Å². The molecular formula is C18H18N2O4S. The Morgan fingerprint density at radius 1 is 1.32 bits per heavy atom. The quantitative estimate of drug-likeness (QED) is 0.860. The van der Waals surface area contributed by atoms with Gasteiger partial charge in [0.2, 0.25) is 5.91 Å². The maximum absolute atomic E-state index is 12.6. The maximum atomic E-state index is 12.6. The summed E-state index contributed by atoms with van der Waals surface area (Å²) in [5.74, 6) is -1.30. The molecule has 3 rings (SSSR count). The SMILES string of the molecule is CC(=O)N1CCc2cc(C(=O)N[C@H](CC(=O)O)c3cccs3)ccc21. The molecule has 0 aliphatic carbocycles. The van der Waals surface area contributed by atoms with Crippen molar-refractivity contribution in [1.29, 1.82) is 0 Å². The van der Waals surface area contributed by atoms with Gasteiger partial charge in [-0.1, -0.05) is 6.07 Å². The Labute approximate surface area is 149 Å². The van der Waals surface area contributed by atoms with Gasteiger partial charge < -0.3 is 15.3 Å². The van der Waals surface area contributed by atoms with Gasteiger partial charge in [-0.25, -0.2) is 0 Å². The highest BCUT2D eigenvalue weighted by atomic mass is 32.1. The highest BCUT2D eigenvalue weighted by molar-refractivity contribution is 7.10. The summed E-state index contributed by atoms with van der Waals surface area (Å²) in [7, 11) is 0. The van der Waals surface area contributed by atoms with Gasteiger partial charge in [-0.15, -0.1) is 11.3 Å². The highest BCUT2D eigenvalue weighted by Gasteiger charge is 2.24. The molecule has 1 aliphatic heterocycles. The second-order valence-corrected chi connectivity index (χ2v) is 6.88. The number of carbonyl (C=O) groups excluding carboxylic acids is 2. The number of rotatable bonds is 5. The Morgan fingerprint density at radius 2 is 2.12 bits per heavy atom. The van der Waals surface area contributed by atoms with Crippen molar-refractivity contribution in [1.82, 2.24) is 5.32 Å². The normalized spacial score (nSPS) is 14.0. The van der Waals surface area contributed by atoms with Crippen molar-refractivity contribution in [3.8, 4) is 0 Å². The van der Waals surface area contributed by atoms with Crippen LogP contribution in [0.1, 0.15) is 40.2 Å². The Balaban J connectivity index is 1.79. The van der Waals surface area contributed by atoms with Crippen molar-refractivity contribution >= 4 is 34.8 Å². The molecule has 2 aromatic rings. The Morgan fingerprint density at radius 3 is 2.76 bits per heavy atom. The predicted molar refractivity (Wildman–Crippen MR) is 95.0 cm³/mol. The molecule has 25 heavy (non-hydrogen) atoms. The molecule has 2 N–H and O–H groups in total. The lowest BCUT2D eigenvalue weighted by Crippen LogP contribution is -2.29. The first-order valence-electron chi connectivity index (χ1n) is 7.93. The zero-order chi connectivity index (χ0) is 18.0. The van der Waals surface area contributed by atoms with Gasteiger partial charge in [-0.05, 0) is 41.6 Å². The van der Waals surface area contributed by atoms with Crippen LogP contribution in [0.2, 0.25) is 0 Å². The lowest BCUT2D eigenvalue weighted by atomic mass is 10.1. The standard InChI is InChI=1S/C18H18N2O4S/c1-11(21)20-7-6-12-9-13(4-5-15(12)20)18(24)19-14(10-17(22)23)16-3-2-8-25-16/h2-5,8-9,14H,6-7,10H2,1H3,(H,19,24)(H,22,23)/t14-/m1/s1. The van der Waals surface area contributed by atoms with Crippen LogP contribution in [-0.4, -0.2) is 29.4 Å². The van der Waals surface area contributed by atoms with Crippen LogP contribution < -0.4 is 10.2 Å². The molecule has 1 aromatic heterocycles. The molecular weight excluding hydrogens is 340 g/mol. The number of amides is 2. The Bertz CT molecular complexity index is 816. The van der Waals surface area contributed by atoms with Crippen LogP contribution in [0, 0.1) is 0 Å². The number of fused-ring (bicyclic) bond motifs is 1. The fourth-order valence-corrected chi connectivity index (χ4v) is 3.78. The fourth-order valence-electron chi connectivity index (χ4n) is 3.00. The van der Waals surface area contributed by atoms with Crippen LogP contribution in [0.3, 0.4) is 0 Å². The summed E-state index contributed by atoms with van der Waals surface area (Å²) < 4.78 is 0. The van der Waals surface area contributed by atoms with E-state index in [1.54, 1.807) is 23.1 Å². The smallest absolute Gasteiger partial charge is 0.305 e. The van der Waals surface area contributed by atoms with Crippen LogP contribution in [-0.2, 0) is 16.0 Å². The van der Waals surface area contributed by atoms with Crippen molar-refractivity contribution in [2.24, 2.45) is 0 Å². The Kier molecular flexibility index (Phi) is 4.85.